The number of fused-ring (bicyclic) bond motifs is 1. The maximum absolute atomic E-state index is 13.8. The summed E-state index contributed by atoms with van der Waals surface area (Å²) in [7, 11) is 1.55. The number of hydrogen-bond acceptors (Lipinski definition) is 5. The van der Waals surface area contributed by atoms with E-state index in [0.29, 0.717) is 41.3 Å². The summed E-state index contributed by atoms with van der Waals surface area (Å²) in [6.07, 6.45) is 4.05. The molecule has 1 amide bonds. The average Bonchev–Trinajstić information content (AvgIpc) is 3.42. The number of halogens is 2. The van der Waals surface area contributed by atoms with Gasteiger partial charge in [-0.25, -0.2) is 13.9 Å². The number of nitrogens with zero attached hydrogens (tertiary/aromatic N) is 3. The van der Waals surface area contributed by atoms with Crippen LogP contribution in [0.25, 0.3) is 16.9 Å². The van der Waals surface area contributed by atoms with Crippen molar-refractivity contribution < 1.29 is 13.9 Å². The highest BCUT2D eigenvalue weighted by Crippen LogP contribution is 2.33. The van der Waals surface area contributed by atoms with Gasteiger partial charge < -0.3 is 15.4 Å². The second kappa shape index (κ2) is 8.34. The van der Waals surface area contributed by atoms with E-state index in [1.807, 2.05) is 6.07 Å². The summed E-state index contributed by atoms with van der Waals surface area (Å²) >= 11 is 6.25. The van der Waals surface area contributed by atoms with E-state index in [0.717, 1.165) is 18.4 Å². The van der Waals surface area contributed by atoms with E-state index in [-0.39, 0.29) is 17.1 Å². The molecule has 0 unspecified atom stereocenters. The van der Waals surface area contributed by atoms with Crippen molar-refractivity contribution >= 4 is 28.8 Å². The first-order chi connectivity index (χ1) is 14.7. The number of ether oxygens (including phenoxy) is 1. The molecule has 3 aromatic rings. The van der Waals surface area contributed by atoms with Crippen LogP contribution < -0.4 is 15.4 Å². The summed E-state index contributed by atoms with van der Waals surface area (Å²) in [4.78, 5) is 16.9. The van der Waals surface area contributed by atoms with Crippen molar-refractivity contribution in [1.82, 2.24) is 19.9 Å². The molecular weight excluding hydrogens is 421 g/mol. The number of hydrogen-bond donors (Lipinski definition) is 2. The Balaban J connectivity index is 1.67. The van der Waals surface area contributed by atoms with Crippen molar-refractivity contribution in [3.05, 3.63) is 41.2 Å². The smallest absolute Gasteiger partial charge is 0.251 e. The number of imidazole rings is 1. The van der Waals surface area contributed by atoms with Gasteiger partial charge in [0.1, 0.15) is 11.4 Å². The number of benzene rings is 1. The Labute approximate surface area is 185 Å². The molecule has 0 spiro atoms. The molecule has 2 N–H and O–H groups in total. The van der Waals surface area contributed by atoms with Crippen LogP contribution in [0, 0.1) is 0 Å². The molecule has 31 heavy (non-hydrogen) atoms. The summed E-state index contributed by atoms with van der Waals surface area (Å²) in [5.41, 5.74) is 1.87. The molecule has 1 fully saturated rings. The molecule has 1 aromatic carbocycles. The molecule has 1 saturated carbocycles. The second-order valence-electron chi connectivity index (χ2n) is 8.32. The normalized spacial score (nSPS) is 14.0. The molecule has 2 aromatic heterocycles. The highest BCUT2D eigenvalue weighted by molar-refractivity contribution is 6.29. The molecule has 0 saturated heterocycles. The van der Waals surface area contributed by atoms with Gasteiger partial charge in [-0.15, -0.1) is 0 Å². The molecule has 0 radical (unpaired) electrons. The van der Waals surface area contributed by atoms with Gasteiger partial charge in [-0.1, -0.05) is 11.6 Å². The zero-order valence-corrected chi connectivity index (χ0v) is 18.5. The molecular formula is C22H25ClFN5O2. The number of methoxy groups -OCH3 is 1. The Hall–Kier alpha value is -2.87. The van der Waals surface area contributed by atoms with E-state index in [9.17, 15) is 9.18 Å². The molecule has 1 aliphatic carbocycles. The first-order valence-corrected chi connectivity index (χ1v) is 10.6. The van der Waals surface area contributed by atoms with Crippen LogP contribution in [0.1, 0.15) is 43.5 Å². The summed E-state index contributed by atoms with van der Waals surface area (Å²) in [5, 5.41) is 10.8. The van der Waals surface area contributed by atoms with Crippen LogP contribution in [0.3, 0.4) is 0 Å². The third kappa shape index (κ3) is 4.90. The zero-order chi connectivity index (χ0) is 22.2. The van der Waals surface area contributed by atoms with Crippen molar-refractivity contribution in [1.29, 1.82) is 0 Å². The third-order valence-electron chi connectivity index (χ3n) is 5.12. The van der Waals surface area contributed by atoms with Gasteiger partial charge in [0.15, 0.2) is 10.8 Å². The Morgan fingerprint density at radius 1 is 1.35 bits per heavy atom. The van der Waals surface area contributed by atoms with Crippen LogP contribution in [-0.2, 0) is 0 Å². The van der Waals surface area contributed by atoms with Crippen LogP contribution >= 0.6 is 11.6 Å². The number of carbonyl (C=O) groups is 1. The standard InChI is InChI=1S/C22H25ClFN5O2/c1-22(2,24)8-9-25-16-11-19(23)28-29-17(12-26-20(16)29)15-7-4-13(10-18(15)31-3)21(30)27-14-5-6-14/h4,7,10-12,14,25H,5-6,8-9H2,1-3H3,(H,27,30). The summed E-state index contributed by atoms with van der Waals surface area (Å²) in [6.45, 7) is 3.51. The summed E-state index contributed by atoms with van der Waals surface area (Å²) in [5.74, 6) is 0.412. The summed E-state index contributed by atoms with van der Waals surface area (Å²) in [6, 6.07) is 7.21. The van der Waals surface area contributed by atoms with Gasteiger partial charge in [0.2, 0.25) is 0 Å². The van der Waals surface area contributed by atoms with Crippen molar-refractivity contribution in [2.24, 2.45) is 0 Å². The summed E-state index contributed by atoms with van der Waals surface area (Å²) < 4.78 is 21.0. The van der Waals surface area contributed by atoms with E-state index >= 15 is 0 Å². The molecule has 9 heteroatoms. The van der Waals surface area contributed by atoms with Crippen LogP contribution in [-0.4, -0.2) is 45.9 Å². The lowest BCUT2D eigenvalue weighted by Crippen LogP contribution is -2.25. The predicted octanol–water partition coefficient (Wildman–Crippen LogP) is 4.50. The lowest BCUT2D eigenvalue weighted by atomic mass is 10.1. The molecule has 164 valence electrons. The van der Waals surface area contributed by atoms with E-state index in [4.69, 9.17) is 16.3 Å². The number of amides is 1. The van der Waals surface area contributed by atoms with E-state index < -0.39 is 5.67 Å². The second-order valence-corrected chi connectivity index (χ2v) is 8.71. The Bertz CT molecular complexity index is 1120. The van der Waals surface area contributed by atoms with Crippen molar-refractivity contribution in [3.8, 4) is 17.0 Å². The quantitative estimate of drug-likeness (QED) is 0.533. The van der Waals surface area contributed by atoms with Gasteiger partial charge in [0, 0.05) is 29.8 Å². The highest BCUT2D eigenvalue weighted by atomic mass is 35.5. The molecule has 4 rings (SSSR count). The van der Waals surface area contributed by atoms with Crippen LogP contribution in [0.2, 0.25) is 5.15 Å². The van der Waals surface area contributed by atoms with Crippen molar-refractivity contribution in [2.45, 2.75) is 44.8 Å². The largest absolute Gasteiger partial charge is 0.496 e. The minimum Gasteiger partial charge on any atom is -0.496 e. The van der Waals surface area contributed by atoms with Gasteiger partial charge in [-0.3, -0.25) is 4.79 Å². The molecule has 0 atom stereocenters. The Kier molecular flexibility index (Phi) is 5.75. The van der Waals surface area contributed by atoms with Crippen LogP contribution in [0.5, 0.6) is 5.75 Å². The first kappa shape index (κ1) is 21.4. The fourth-order valence-electron chi connectivity index (χ4n) is 3.29. The molecule has 2 heterocycles. The van der Waals surface area contributed by atoms with Gasteiger partial charge >= 0.3 is 0 Å². The van der Waals surface area contributed by atoms with Crippen molar-refractivity contribution in [2.75, 3.05) is 19.0 Å². The van der Waals surface area contributed by atoms with Gasteiger partial charge in [-0.05, 0) is 51.3 Å². The van der Waals surface area contributed by atoms with Crippen molar-refractivity contribution in [3.63, 3.8) is 0 Å². The fraction of sp³-hybridized carbons (Fsp3) is 0.409. The van der Waals surface area contributed by atoms with E-state index in [1.54, 1.807) is 36.0 Å². The van der Waals surface area contributed by atoms with E-state index in [1.165, 1.54) is 13.8 Å². The minimum atomic E-state index is -1.28. The number of nitrogens with one attached hydrogen (secondary N) is 2. The monoisotopic (exact) mass is 445 g/mol. The topological polar surface area (TPSA) is 80.5 Å². The number of anilines is 1. The number of rotatable bonds is 8. The first-order valence-electron chi connectivity index (χ1n) is 10.2. The number of aromatic nitrogens is 3. The fourth-order valence-corrected chi connectivity index (χ4v) is 3.47. The number of alkyl halides is 1. The van der Waals surface area contributed by atoms with Gasteiger partial charge in [-0.2, -0.15) is 5.10 Å². The molecule has 7 nitrogen and oxygen atoms in total. The lowest BCUT2D eigenvalue weighted by molar-refractivity contribution is 0.0950. The van der Waals surface area contributed by atoms with Crippen LogP contribution in [0.15, 0.2) is 30.5 Å². The van der Waals surface area contributed by atoms with Crippen LogP contribution in [0.4, 0.5) is 10.1 Å². The Morgan fingerprint density at radius 2 is 2.13 bits per heavy atom. The average molecular weight is 446 g/mol. The lowest BCUT2D eigenvalue weighted by Gasteiger charge is -2.15. The van der Waals surface area contributed by atoms with Gasteiger partial charge in [0.05, 0.1) is 24.7 Å². The third-order valence-corrected chi connectivity index (χ3v) is 5.31. The minimum absolute atomic E-state index is 0.117. The molecule has 0 aliphatic heterocycles. The zero-order valence-electron chi connectivity index (χ0n) is 17.7. The SMILES string of the molecule is COc1cc(C(=O)NC2CC2)ccc1-c1cnc2c(NCCC(C)(C)F)cc(Cl)nn12. The Morgan fingerprint density at radius 3 is 2.81 bits per heavy atom. The van der Waals surface area contributed by atoms with E-state index in [2.05, 4.69) is 20.7 Å². The maximum atomic E-state index is 13.8. The predicted molar refractivity (Wildman–Crippen MR) is 119 cm³/mol. The number of carbonyl (C=O) groups excluding carboxylic acids is 1. The molecule has 1 aliphatic rings. The molecule has 0 bridgehead atoms. The maximum Gasteiger partial charge on any atom is 0.251 e. The highest BCUT2D eigenvalue weighted by Gasteiger charge is 2.24. The van der Waals surface area contributed by atoms with Gasteiger partial charge in [0.25, 0.3) is 5.91 Å².